The van der Waals surface area contributed by atoms with Gasteiger partial charge in [0.1, 0.15) is 17.5 Å². The summed E-state index contributed by atoms with van der Waals surface area (Å²) in [6.45, 7) is 0.421. The number of hydrogen-bond donors (Lipinski definition) is 2. The van der Waals surface area contributed by atoms with Crippen LogP contribution in [0.3, 0.4) is 0 Å². The molecule has 0 amide bonds. The summed E-state index contributed by atoms with van der Waals surface area (Å²) in [5, 5.41) is 8.99. The lowest BCUT2D eigenvalue weighted by Crippen LogP contribution is -2.25. The number of benzene rings is 1. The number of rotatable bonds is 3. The minimum atomic E-state index is -1.16. The van der Waals surface area contributed by atoms with Gasteiger partial charge in [-0.3, -0.25) is 4.79 Å². The van der Waals surface area contributed by atoms with E-state index in [1.165, 1.54) is 7.11 Å². The van der Waals surface area contributed by atoms with Gasteiger partial charge in [0.15, 0.2) is 6.79 Å². The van der Waals surface area contributed by atoms with Crippen molar-refractivity contribution in [2.75, 3.05) is 13.9 Å². The molecular weight excluding hydrogens is 226 g/mol. The quantitative estimate of drug-likeness (QED) is 0.804. The lowest BCUT2D eigenvalue weighted by atomic mass is 9.98. The number of hydrogen-bond acceptors (Lipinski definition) is 5. The number of fused-ring (bicyclic) bond motifs is 1. The van der Waals surface area contributed by atoms with Crippen molar-refractivity contribution in [1.82, 2.24) is 0 Å². The first-order valence-corrected chi connectivity index (χ1v) is 5.04. The lowest BCUT2D eigenvalue weighted by Gasteiger charge is -2.23. The first-order chi connectivity index (χ1) is 8.15. The Labute approximate surface area is 97.9 Å². The zero-order chi connectivity index (χ0) is 12.4. The predicted octanol–water partition coefficient (Wildman–Crippen LogP) is 0.646. The molecule has 92 valence electrons. The van der Waals surface area contributed by atoms with Crippen LogP contribution in [-0.4, -0.2) is 25.0 Å². The van der Waals surface area contributed by atoms with Crippen LogP contribution in [-0.2, 0) is 16.1 Å². The molecule has 0 aliphatic carbocycles. The van der Waals surface area contributed by atoms with E-state index in [9.17, 15) is 4.79 Å². The maximum atomic E-state index is 11.0. The van der Waals surface area contributed by atoms with Crippen LogP contribution in [0.2, 0.25) is 0 Å². The summed E-state index contributed by atoms with van der Waals surface area (Å²) in [6.07, 6.45) is 0. The number of aliphatic carboxylic acids is 1. The smallest absolute Gasteiger partial charge is 0.325 e. The molecule has 3 N–H and O–H groups in total. The maximum absolute atomic E-state index is 11.0. The molecule has 1 aromatic carbocycles. The van der Waals surface area contributed by atoms with Crippen LogP contribution in [0.15, 0.2) is 12.1 Å². The minimum absolute atomic E-state index is 0.154. The Bertz CT molecular complexity index is 446. The van der Waals surface area contributed by atoms with E-state index in [2.05, 4.69) is 0 Å². The highest BCUT2D eigenvalue weighted by molar-refractivity contribution is 5.77. The first kappa shape index (κ1) is 11.7. The predicted molar refractivity (Wildman–Crippen MR) is 57.8 cm³/mol. The number of nitrogens with two attached hydrogens (primary N) is 1. The van der Waals surface area contributed by atoms with Gasteiger partial charge in [-0.05, 0) is 12.1 Å². The third-order valence-corrected chi connectivity index (χ3v) is 2.62. The molecule has 0 fully saturated rings. The molecule has 1 aliphatic rings. The van der Waals surface area contributed by atoms with Gasteiger partial charge in [-0.25, -0.2) is 0 Å². The Morgan fingerprint density at radius 2 is 2.35 bits per heavy atom. The molecule has 6 nitrogen and oxygen atoms in total. The van der Waals surface area contributed by atoms with Crippen molar-refractivity contribution < 1.29 is 24.1 Å². The number of carbonyl (C=O) groups is 1. The number of ether oxygens (including phenoxy) is 3. The molecule has 0 radical (unpaired) electrons. The average Bonchev–Trinajstić information content (AvgIpc) is 2.36. The largest absolute Gasteiger partial charge is 0.496 e. The van der Waals surface area contributed by atoms with E-state index in [-0.39, 0.29) is 13.4 Å². The summed E-state index contributed by atoms with van der Waals surface area (Å²) in [6, 6.07) is 2.20. The van der Waals surface area contributed by atoms with E-state index in [4.69, 9.17) is 25.1 Å². The molecule has 0 saturated carbocycles. The standard InChI is InChI=1S/C11H13NO5/c1-15-8-3-2-7-6(4-16-5-17-7)9(8)10(12)11(13)14/h2-3,10H,4-5,12H2,1H3,(H,13,14). The molecule has 0 saturated heterocycles. The monoisotopic (exact) mass is 239 g/mol. The Balaban J connectivity index is 2.55. The van der Waals surface area contributed by atoms with Crippen LogP contribution in [0.4, 0.5) is 0 Å². The molecule has 6 heteroatoms. The fourth-order valence-electron chi connectivity index (χ4n) is 1.80. The van der Waals surface area contributed by atoms with Gasteiger partial charge in [-0.2, -0.15) is 0 Å². The zero-order valence-corrected chi connectivity index (χ0v) is 9.30. The summed E-state index contributed by atoms with van der Waals surface area (Å²) in [7, 11) is 1.46. The van der Waals surface area contributed by atoms with E-state index in [1.807, 2.05) is 0 Å². The summed E-state index contributed by atoms with van der Waals surface area (Å²) in [5.41, 5.74) is 6.68. The number of methoxy groups -OCH3 is 1. The molecule has 1 heterocycles. The third-order valence-electron chi connectivity index (χ3n) is 2.62. The summed E-state index contributed by atoms with van der Waals surface area (Å²) in [4.78, 5) is 11.0. The molecule has 1 unspecified atom stereocenters. The van der Waals surface area contributed by atoms with Crippen LogP contribution in [0, 0.1) is 0 Å². The summed E-state index contributed by atoms with van der Waals surface area (Å²) >= 11 is 0. The van der Waals surface area contributed by atoms with E-state index in [1.54, 1.807) is 12.1 Å². The SMILES string of the molecule is COc1ccc2c(c1C(N)C(=O)O)COCO2. The van der Waals surface area contributed by atoms with Gasteiger partial charge >= 0.3 is 5.97 Å². The molecule has 0 bridgehead atoms. The Hall–Kier alpha value is -1.79. The second-order valence-electron chi connectivity index (χ2n) is 3.58. The van der Waals surface area contributed by atoms with Crippen molar-refractivity contribution in [3.63, 3.8) is 0 Å². The molecule has 1 aromatic rings. The van der Waals surface area contributed by atoms with Gasteiger partial charge in [0, 0.05) is 11.1 Å². The van der Waals surface area contributed by atoms with Gasteiger partial charge in [0.25, 0.3) is 0 Å². The van der Waals surface area contributed by atoms with Crippen LogP contribution in [0.1, 0.15) is 17.2 Å². The van der Waals surface area contributed by atoms with Gasteiger partial charge in [-0.1, -0.05) is 0 Å². The third kappa shape index (κ3) is 2.04. The van der Waals surface area contributed by atoms with Gasteiger partial charge < -0.3 is 25.1 Å². The average molecular weight is 239 g/mol. The molecule has 2 rings (SSSR count). The van der Waals surface area contributed by atoms with E-state index in [0.29, 0.717) is 22.6 Å². The van der Waals surface area contributed by atoms with Crippen LogP contribution >= 0.6 is 0 Å². The normalized spacial score (nSPS) is 15.6. The Morgan fingerprint density at radius 1 is 1.59 bits per heavy atom. The van der Waals surface area contributed by atoms with Crippen molar-refractivity contribution in [2.24, 2.45) is 5.73 Å². The molecular formula is C11H13NO5. The molecule has 1 aliphatic heterocycles. The lowest BCUT2D eigenvalue weighted by molar-refractivity contribution is -0.138. The van der Waals surface area contributed by atoms with Crippen LogP contribution < -0.4 is 15.2 Å². The summed E-state index contributed by atoms with van der Waals surface area (Å²) in [5.74, 6) is -0.112. The van der Waals surface area contributed by atoms with Crippen molar-refractivity contribution in [2.45, 2.75) is 12.6 Å². The molecule has 0 spiro atoms. The summed E-state index contributed by atoms with van der Waals surface area (Å²) < 4.78 is 15.5. The second kappa shape index (κ2) is 4.60. The highest BCUT2D eigenvalue weighted by Gasteiger charge is 2.26. The van der Waals surface area contributed by atoms with Crippen molar-refractivity contribution in [1.29, 1.82) is 0 Å². The first-order valence-electron chi connectivity index (χ1n) is 5.04. The maximum Gasteiger partial charge on any atom is 0.325 e. The topological polar surface area (TPSA) is 91.0 Å². The minimum Gasteiger partial charge on any atom is -0.496 e. The molecule has 1 atom stereocenters. The van der Waals surface area contributed by atoms with E-state index in [0.717, 1.165) is 0 Å². The number of carboxylic acid groups (broad SMARTS) is 1. The van der Waals surface area contributed by atoms with Gasteiger partial charge in [-0.15, -0.1) is 0 Å². The second-order valence-corrected chi connectivity index (χ2v) is 3.58. The fourth-order valence-corrected chi connectivity index (χ4v) is 1.80. The van der Waals surface area contributed by atoms with Crippen molar-refractivity contribution in [3.8, 4) is 11.5 Å². The van der Waals surface area contributed by atoms with Crippen molar-refractivity contribution in [3.05, 3.63) is 23.3 Å². The van der Waals surface area contributed by atoms with Crippen LogP contribution in [0.5, 0.6) is 11.5 Å². The van der Waals surface area contributed by atoms with E-state index >= 15 is 0 Å². The number of carboxylic acids is 1. The molecule has 0 aromatic heterocycles. The Kier molecular flexibility index (Phi) is 3.16. The zero-order valence-electron chi connectivity index (χ0n) is 9.30. The highest BCUT2D eigenvalue weighted by Crippen LogP contribution is 2.36. The van der Waals surface area contributed by atoms with Gasteiger partial charge in [0.05, 0.1) is 13.7 Å². The van der Waals surface area contributed by atoms with Crippen molar-refractivity contribution >= 4 is 5.97 Å². The highest BCUT2D eigenvalue weighted by atomic mass is 16.7. The Morgan fingerprint density at radius 3 is 3.00 bits per heavy atom. The fraction of sp³-hybridized carbons (Fsp3) is 0.364. The molecule has 17 heavy (non-hydrogen) atoms. The van der Waals surface area contributed by atoms with Crippen LogP contribution in [0.25, 0.3) is 0 Å². The van der Waals surface area contributed by atoms with Gasteiger partial charge in [0.2, 0.25) is 0 Å². The van der Waals surface area contributed by atoms with E-state index < -0.39 is 12.0 Å².